The van der Waals surface area contributed by atoms with Crippen molar-refractivity contribution in [3.63, 3.8) is 0 Å². The Morgan fingerprint density at radius 1 is 1.17 bits per heavy atom. The Morgan fingerprint density at radius 3 is 2.56 bits per heavy atom. The largest absolute Gasteiger partial charge is 0.461 e. The maximum atomic E-state index is 5.87. The molecular weight excluding hydrogens is 290 g/mol. The van der Waals surface area contributed by atoms with Crippen LogP contribution in [0.3, 0.4) is 0 Å². The lowest BCUT2D eigenvalue weighted by molar-refractivity contribution is 0.470. The van der Waals surface area contributed by atoms with Gasteiger partial charge in [0.25, 0.3) is 0 Å². The fourth-order valence-electron chi connectivity index (χ4n) is 1.98. The number of likely N-dealkylation sites (N-methyl/N-ethyl adjacent to an activating group) is 1. The second kappa shape index (κ2) is 6.21. The third-order valence-corrected chi connectivity index (χ3v) is 3.38. The van der Waals surface area contributed by atoms with Crippen molar-refractivity contribution in [3.05, 3.63) is 46.6 Å². The first kappa shape index (κ1) is 13.4. The quantitative estimate of drug-likeness (QED) is 0.893. The van der Waals surface area contributed by atoms with Crippen LogP contribution in [0.1, 0.15) is 19.6 Å². The Kier molecular flexibility index (Phi) is 4.61. The molecule has 1 aromatic heterocycles. The molecule has 0 amide bonds. The minimum absolute atomic E-state index is 0.443. The van der Waals surface area contributed by atoms with E-state index in [1.807, 2.05) is 18.2 Å². The molecule has 2 rings (SSSR count). The Bertz CT molecular complexity index is 489. The number of halogens is 1. The standard InChI is InChI=1S/C15H18BrNO/c1-3-17-11(2)10-14-8-9-15(18-14)12-4-6-13(16)7-5-12/h4-9,11,17H,3,10H2,1-2H3. The van der Waals surface area contributed by atoms with E-state index in [4.69, 9.17) is 4.42 Å². The van der Waals surface area contributed by atoms with Gasteiger partial charge in [0.2, 0.25) is 0 Å². The molecule has 0 aliphatic carbocycles. The van der Waals surface area contributed by atoms with E-state index in [0.717, 1.165) is 34.5 Å². The number of nitrogens with one attached hydrogen (secondary N) is 1. The molecule has 18 heavy (non-hydrogen) atoms. The molecule has 0 saturated heterocycles. The zero-order valence-corrected chi connectivity index (χ0v) is 12.3. The zero-order valence-electron chi connectivity index (χ0n) is 10.7. The molecule has 0 aliphatic rings. The van der Waals surface area contributed by atoms with Crippen molar-refractivity contribution in [1.82, 2.24) is 5.32 Å². The van der Waals surface area contributed by atoms with Gasteiger partial charge >= 0.3 is 0 Å². The van der Waals surface area contributed by atoms with E-state index in [1.54, 1.807) is 0 Å². The molecule has 1 N–H and O–H groups in total. The average molecular weight is 308 g/mol. The topological polar surface area (TPSA) is 25.2 Å². The van der Waals surface area contributed by atoms with Crippen molar-refractivity contribution < 1.29 is 4.42 Å². The molecule has 0 bridgehead atoms. The van der Waals surface area contributed by atoms with Gasteiger partial charge in [0.15, 0.2) is 0 Å². The molecular formula is C15H18BrNO. The summed E-state index contributed by atoms with van der Waals surface area (Å²) in [5, 5.41) is 3.38. The van der Waals surface area contributed by atoms with E-state index in [2.05, 4.69) is 53.3 Å². The number of rotatable bonds is 5. The highest BCUT2D eigenvalue weighted by Crippen LogP contribution is 2.24. The molecule has 1 atom stereocenters. The SMILES string of the molecule is CCNC(C)Cc1ccc(-c2ccc(Br)cc2)o1. The van der Waals surface area contributed by atoms with Gasteiger partial charge in [-0.25, -0.2) is 0 Å². The highest BCUT2D eigenvalue weighted by atomic mass is 79.9. The van der Waals surface area contributed by atoms with Gasteiger partial charge < -0.3 is 9.73 Å². The zero-order chi connectivity index (χ0) is 13.0. The van der Waals surface area contributed by atoms with Crippen LogP contribution in [0.5, 0.6) is 0 Å². The predicted molar refractivity (Wildman–Crippen MR) is 78.7 cm³/mol. The van der Waals surface area contributed by atoms with Crippen LogP contribution >= 0.6 is 15.9 Å². The maximum Gasteiger partial charge on any atom is 0.134 e. The van der Waals surface area contributed by atoms with Crippen LogP contribution in [-0.2, 0) is 6.42 Å². The number of furan rings is 1. The van der Waals surface area contributed by atoms with Crippen molar-refractivity contribution in [2.45, 2.75) is 26.3 Å². The summed E-state index contributed by atoms with van der Waals surface area (Å²) in [7, 11) is 0. The van der Waals surface area contributed by atoms with E-state index < -0.39 is 0 Å². The van der Waals surface area contributed by atoms with Gasteiger partial charge in [-0.1, -0.05) is 35.0 Å². The van der Waals surface area contributed by atoms with Crippen LogP contribution in [0.25, 0.3) is 11.3 Å². The van der Waals surface area contributed by atoms with Crippen LogP contribution in [0.15, 0.2) is 45.3 Å². The van der Waals surface area contributed by atoms with Crippen molar-refractivity contribution in [2.75, 3.05) is 6.54 Å². The molecule has 1 unspecified atom stereocenters. The number of benzene rings is 1. The molecule has 0 spiro atoms. The lowest BCUT2D eigenvalue weighted by Gasteiger charge is -2.09. The van der Waals surface area contributed by atoms with E-state index in [-0.39, 0.29) is 0 Å². The first-order chi connectivity index (χ1) is 8.69. The minimum Gasteiger partial charge on any atom is -0.461 e. The van der Waals surface area contributed by atoms with E-state index >= 15 is 0 Å². The molecule has 3 heteroatoms. The fraction of sp³-hybridized carbons (Fsp3) is 0.333. The maximum absolute atomic E-state index is 5.87. The second-order valence-corrected chi connectivity index (χ2v) is 5.35. The summed E-state index contributed by atoms with van der Waals surface area (Å²) in [4.78, 5) is 0. The summed E-state index contributed by atoms with van der Waals surface area (Å²) in [5.41, 5.74) is 1.11. The van der Waals surface area contributed by atoms with Gasteiger partial charge in [0, 0.05) is 22.5 Å². The van der Waals surface area contributed by atoms with Gasteiger partial charge in [-0.3, -0.25) is 0 Å². The van der Waals surface area contributed by atoms with Crippen LogP contribution < -0.4 is 5.32 Å². The summed E-state index contributed by atoms with van der Waals surface area (Å²) in [6, 6.07) is 12.7. The Labute approximate surface area is 117 Å². The van der Waals surface area contributed by atoms with Crippen molar-refractivity contribution in [3.8, 4) is 11.3 Å². The third-order valence-electron chi connectivity index (χ3n) is 2.85. The third kappa shape index (κ3) is 3.47. The smallest absolute Gasteiger partial charge is 0.134 e. The van der Waals surface area contributed by atoms with Gasteiger partial charge in [0.05, 0.1) is 0 Å². The van der Waals surface area contributed by atoms with E-state index in [1.165, 1.54) is 0 Å². The first-order valence-corrected chi connectivity index (χ1v) is 7.06. The van der Waals surface area contributed by atoms with Gasteiger partial charge in [-0.15, -0.1) is 0 Å². The molecule has 2 aromatic rings. The van der Waals surface area contributed by atoms with Gasteiger partial charge in [0.1, 0.15) is 11.5 Å². The van der Waals surface area contributed by atoms with Crippen molar-refractivity contribution >= 4 is 15.9 Å². The summed E-state index contributed by atoms with van der Waals surface area (Å²) in [5.74, 6) is 1.96. The molecule has 0 aliphatic heterocycles. The normalized spacial score (nSPS) is 12.6. The van der Waals surface area contributed by atoms with Crippen LogP contribution in [0.4, 0.5) is 0 Å². The molecule has 0 saturated carbocycles. The van der Waals surface area contributed by atoms with E-state index in [9.17, 15) is 0 Å². The van der Waals surface area contributed by atoms with E-state index in [0.29, 0.717) is 6.04 Å². The minimum atomic E-state index is 0.443. The lowest BCUT2D eigenvalue weighted by atomic mass is 10.2. The van der Waals surface area contributed by atoms with Gasteiger partial charge in [-0.2, -0.15) is 0 Å². The van der Waals surface area contributed by atoms with Crippen LogP contribution in [0.2, 0.25) is 0 Å². The predicted octanol–water partition coefficient (Wildman–Crippen LogP) is 4.25. The Balaban J connectivity index is 2.08. The fourth-order valence-corrected chi connectivity index (χ4v) is 2.24. The monoisotopic (exact) mass is 307 g/mol. The molecule has 96 valence electrons. The second-order valence-electron chi connectivity index (χ2n) is 4.44. The number of hydrogen-bond acceptors (Lipinski definition) is 2. The summed E-state index contributed by atoms with van der Waals surface area (Å²) in [6.45, 7) is 5.28. The van der Waals surface area contributed by atoms with Crippen LogP contribution in [-0.4, -0.2) is 12.6 Å². The Morgan fingerprint density at radius 2 is 1.89 bits per heavy atom. The summed E-state index contributed by atoms with van der Waals surface area (Å²) < 4.78 is 6.95. The van der Waals surface area contributed by atoms with Crippen LogP contribution in [0, 0.1) is 0 Å². The van der Waals surface area contributed by atoms with Crippen molar-refractivity contribution in [1.29, 1.82) is 0 Å². The average Bonchev–Trinajstić information content (AvgIpc) is 2.78. The summed E-state index contributed by atoms with van der Waals surface area (Å²) in [6.07, 6.45) is 0.921. The Hall–Kier alpha value is -1.06. The first-order valence-electron chi connectivity index (χ1n) is 6.27. The van der Waals surface area contributed by atoms with Crippen molar-refractivity contribution in [2.24, 2.45) is 0 Å². The lowest BCUT2D eigenvalue weighted by Crippen LogP contribution is -2.27. The highest BCUT2D eigenvalue weighted by molar-refractivity contribution is 9.10. The molecule has 1 heterocycles. The molecule has 0 radical (unpaired) electrons. The summed E-state index contributed by atoms with van der Waals surface area (Å²) >= 11 is 3.43. The van der Waals surface area contributed by atoms with Gasteiger partial charge in [-0.05, 0) is 37.7 Å². The highest BCUT2D eigenvalue weighted by Gasteiger charge is 2.08. The molecule has 2 nitrogen and oxygen atoms in total. The number of hydrogen-bond donors (Lipinski definition) is 1. The molecule has 0 fully saturated rings. The molecule has 1 aromatic carbocycles.